The lowest BCUT2D eigenvalue weighted by Gasteiger charge is -2.69. The van der Waals surface area contributed by atoms with Crippen molar-refractivity contribution in [3.8, 4) is 0 Å². The molecule has 15 heteroatoms. The fraction of sp³-hybridized carbons (Fsp3) is 0.760. The van der Waals surface area contributed by atoms with Gasteiger partial charge in [0.2, 0.25) is 0 Å². The van der Waals surface area contributed by atoms with Crippen molar-refractivity contribution in [3.05, 3.63) is 35.9 Å². The molecule has 1 aromatic carbocycles. The van der Waals surface area contributed by atoms with Crippen molar-refractivity contribution in [2.24, 2.45) is 11.3 Å². The largest absolute Gasteiger partial charge is 0.252 e. The molecule has 0 aromatic heterocycles. The first-order chi connectivity index (χ1) is 17.5. The summed E-state index contributed by atoms with van der Waals surface area (Å²) in [6.45, 7) is 7.80. The average Bonchev–Trinajstić information content (AvgIpc) is 2.77. The van der Waals surface area contributed by atoms with E-state index in [1.165, 1.54) is 0 Å². The second kappa shape index (κ2) is 14.1. The Morgan fingerprint density at radius 3 is 1.02 bits per heavy atom. The lowest BCUT2D eigenvalue weighted by atomic mass is 9.49. The van der Waals surface area contributed by atoms with Gasteiger partial charge in [-0.2, -0.15) is 0 Å². The van der Waals surface area contributed by atoms with Gasteiger partial charge in [0.15, 0.2) is 0 Å². The van der Waals surface area contributed by atoms with E-state index >= 15 is 0 Å². The zero-order valence-electron chi connectivity index (χ0n) is 25.1. The van der Waals surface area contributed by atoms with Crippen LogP contribution in [0.15, 0.2) is 30.3 Å². The molecule has 0 fully saturated rings. The summed E-state index contributed by atoms with van der Waals surface area (Å²) in [4.78, 5) is 0. The van der Waals surface area contributed by atoms with Crippen LogP contribution in [0, 0.1) is 11.3 Å². The minimum Gasteiger partial charge on any atom is -0.146 e. The van der Waals surface area contributed by atoms with Gasteiger partial charge in [-0.05, 0) is 77.3 Å². The maximum absolute atomic E-state index is 7.33. The smallest absolute Gasteiger partial charge is 0.146 e. The van der Waals surface area contributed by atoms with Crippen LogP contribution in [0.2, 0.25) is 60.4 Å². The van der Waals surface area contributed by atoms with Crippen LogP contribution in [0.3, 0.4) is 0 Å². The first-order valence-electron chi connectivity index (χ1n) is 13.5. The zero-order chi connectivity index (χ0) is 32.1. The van der Waals surface area contributed by atoms with Crippen molar-refractivity contribution in [2.45, 2.75) is 107 Å². The summed E-state index contributed by atoms with van der Waals surface area (Å²) in [5, 5.41) is 0. The average molecular weight is 840 g/mol. The van der Waals surface area contributed by atoms with Gasteiger partial charge >= 0.3 is 0 Å². The summed E-state index contributed by atoms with van der Waals surface area (Å²) in [5.74, 6) is -0.169. The minimum atomic E-state index is -3.02. The van der Waals surface area contributed by atoms with E-state index in [2.05, 4.69) is 53.7 Å². The Balaban J connectivity index is 4.92. The molecule has 6 unspecified atom stereocenters. The number of halogens is 10. The third kappa shape index (κ3) is 8.19. The van der Waals surface area contributed by atoms with Gasteiger partial charge in [-0.1, -0.05) is 71.9 Å². The van der Waals surface area contributed by atoms with Gasteiger partial charge in [-0.15, -0.1) is 111 Å². The quantitative estimate of drug-likeness (QED) is 0.137. The van der Waals surface area contributed by atoms with E-state index < -0.39 is 44.3 Å². The molecule has 1 aromatic rings. The topological polar surface area (TPSA) is 0 Å². The van der Waals surface area contributed by atoms with Gasteiger partial charge < -0.3 is 0 Å². The lowest BCUT2D eigenvalue weighted by Crippen LogP contribution is -2.67. The number of benzene rings is 1. The molecule has 0 aliphatic carbocycles. The van der Waals surface area contributed by atoms with Crippen molar-refractivity contribution in [3.63, 3.8) is 0 Å². The Labute approximate surface area is 295 Å². The van der Waals surface area contributed by atoms with Gasteiger partial charge in [0.1, 0.15) is 0 Å². The molecular weight excluding hydrogens is 795 g/mol. The summed E-state index contributed by atoms with van der Waals surface area (Å²) in [5.41, 5.74) is -1.86. The molecule has 0 aliphatic heterocycles. The molecule has 0 spiro atoms. The van der Waals surface area contributed by atoms with Crippen LogP contribution in [0.5, 0.6) is 0 Å². The molecule has 1 rings (SSSR count). The molecule has 0 aliphatic rings. The molecule has 0 heterocycles. The van der Waals surface area contributed by atoms with Crippen LogP contribution in [-0.4, -0.2) is 33.5 Å². The fourth-order valence-corrected chi connectivity index (χ4v) is 20.3. The second-order valence-corrected chi connectivity index (χ2v) is 52.8. The highest BCUT2D eigenvalue weighted by atomic mass is 35.7. The highest BCUT2D eigenvalue weighted by Gasteiger charge is 2.73. The van der Waals surface area contributed by atoms with Gasteiger partial charge in [-0.3, -0.25) is 0 Å². The van der Waals surface area contributed by atoms with Crippen molar-refractivity contribution in [2.75, 3.05) is 0 Å². The van der Waals surface area contributed by atoms with E-state index in [0.717, 1.165) is 5.56 Å². The zero-order valence-corrected chi connectivity index (χ0v) is 37.7. The van der Waals surface area contributed by atoms with Crippen LogP contribution in [0.25, 0.3) is 0 Å². The van der Waals surface area contributed by atoms with Gasteiger partial charge in [-0.25, -0.2) is 0 Å². The highest BCUT2D eigenvalue weighted by Crippen LogP contribution is 2.77. The van der Waals surface area contributed by atoms with E-state index in [4.69, 9.17) is 111 Å². The van der Waals surface area contributed by atoms with Gasteiger partial charge in [0, 0.05) is 5.41 Å². The maximum Gasteiger partial charge on any atom is 0.252 e. The maximum atomic E-state index is 7.33. The predicted octanol–water partition coefficient (Wildman–Crippen LogP) is 14.2. The van der Waals surface area contributed by atoms with Crippen LogP contribution < -0.4 is 0 Å². The Hall–Kier alpha value is 3.20. The molecule has 40 heavy (non-hydrogen) atoms. The molecule has 0 saturated carbocycles. The minimum absolute atomic E-state index is 0.116. The lowest BCUT2D eigenvalue weighted by molar-refractivity contribution is 0.0219. The number of hydrogen-bond donors (Lipinski definition) is 0. The molecule has 0 amide bonds. The van der Waals surface area contributed by atoms with E-state index in [9.17, 15) is 0 Å². The van der Waals surface area contributed by atoms with Crippen molar-refractivity contribution >= 4 is 144 Å². The van der Waals surface area contributed by atoms with Crippen molar-refractivity contribution in [1.29, 1.82) is 0 Å². The van der Waals surface area contributed by atoms with Crippen molar-refractivity contribution < 1.29 is 0 Å². The second-order valence-electron chi connectivity index (χ2n) is 12.4. The number of hydrogen-bond acceptors (Lipinski definition) is 0. The van der Waals surface area contributed by atoms with Gasteiger partial charge in [0.05, 0.1) is 0 Å². The third-order valence-corrected chi connectivity index (χ3v) is 30.1. The predicted molar refractivity (Wildman–Crippen MR) is 203 cm³/mol. The SMILES string of the molecule is CC(C(C)[Si](C)(Cl)Cl)C(C(C)[Si](C)(Cl)Cl)(C(C)[Si](C)(Cl)Cl)C(c1ccccc1)(C(C)[Si](C)(Cl)Cl)C(C)[Si](C)(Cl)Cl. The normalized spacial score (nSPS) is 21.9. The Bertz CT molecular complexity index is 924. The van der Waals surface area contributed by atoms with Crippen LogP contribution in [-0.2, 0) is 5.41 Å². The summed E-state index contributed by atoms with van der Waals surface area (Å²) in [6, 6.07) is 10.3. The molecule has 0 nitrogen and oxygen atoms in total. The highest BCUT2D eigenvalue weighted by molar-refractivity contribution is 7.48. The van der Waals surface area contributed by atoms with Gasteiger partial charge in [0.25, 0.3) is 33.5 Å². The van der Waals surface area contributed by atoms with E-state index in [0.29, 0.717) is 0 Å². The molecule has 0 N–H and O–H groups in total. The van der Waals surface area contributed by atoms with Crippen molar-refractivity contribution in [1.82, 2.24) is 0 Å². The van der Waals surface area contributed by atoms with E-state index in [-0.39, 0.29) is 33.6 Å². The molecule has 0 bridgehead atoms. The third-order valence-electron chi connectivity index (χ3n) is 10.1. The van der Waals surface area contributed by atoms with E-state index in [1.807, 2.05) is 50.9 Å². The summed E-state index contributed by atoms with van der Waals surface area (Å²) in [6.07, 6.45) is 0. The first-order valence-corrected chi connectivity index (χ1v) is 36.5. The Kier molecular flexibility index (Phi) is 14.6. The monoisotopic (exact) mass is 834 g/mol. The van der Waals surface area contributed by atoms with Crippen LogP contribution >= 0.6 is 111 Å². The summed E-state index contributed by atoms with van der Waals surface area (Å²) < 4.78 is 0. The molecular formula is C25H44Cl10Si5. The Morgan fingerprint density at radius 2 is 0.775 bits per heavy atom. The first kappa shape index (κ1) is 41.2. The summed E-state index contributed by atoms with van der Waals surface area (Å²) in [7, 11) is 0. The Morgan fingerprint density at radius 1 is 0.475 bits per heavy atom. The molecule has 6 atom stereocenters. The van der Waals surface area contributed by atoms with Crippen LogP contribution in [0.4, 0.5) is 0 Å². The standard InChI is InChI=1S/C25H44Cl10Si5/c1-17(18(2)36(7,26)27)24(19(3)37(8,28)29,20(4)38(9,30)31)25(21(5)39(10,32)33,22(6)40(11,34)35)23-15-13-12-14-16-23/h12-22H,1-11H3. The number of rotatable bonds is 13. The van der Waals surface area contributed by atoms with Crippen LogP contribution in [0.1, 0.15) is 47.1 Å². The summed E-state index contributed by atoms with van der Waals surface area (Å²) >= 11 is 72.7. The molecule has 234 valence electrons. The molecule has 0 saturated heterocycles. The fourth-order valence-electron chi connectivity index (χ4n) is 7.34. The van der Waals surface area contributed by atoms with E-state index in [1.54, 1.807) is 0 Å². The molecule has 0 radical (unpaired) electrons.